The molecule has 3 aromatic rings. The fourth-order valence-electron chi connectivity index (χ4n) is 2.10. The summed E-state index contributed by atoms with van der Waals surface area (Å²) >= 11 is 12.2. The van der Waals surface area contributed by atoms with E-state index in [0.29, 0.717) is 34.0 Å². The van der Waals surface area contributed by atoms with Gasteiger partial charge in [-0.3, -0.25) is 0 Å². The van der Waals surface area contributed by atoms with E-state index in [1.807, 2.05) is 24.3 Å². The maximum atomic E-state index is 6.16. The monoisotopic (exact) mass is 375 g/mol. The third-order valence-electron chi connectivity index (χ3n) is 3.38. The van der Waals surface area contributed by atoms with E-state index in [9.17, 15) is 0 Å². The summed E-state index contributed by atoms with van der Waals surface area (Å²) in [6.07, 6.45) is 1.51. The average Bonchev–Trinajstić information content (AvgIpc) is 2.64. The van der Waals surface area contributed by atoms with Crippen LogP contribution in [0.25, 0.3) is 0 Å². The lowest BCUT2D eigenvalue weighted by atomic mass is 10.2. The Hall–Kier alpha value is -2.57. The van der Waals surface area contributed by atoms with Crippen LogP contribution in [0.5, 0.6) is 5.75 Å². The molecule has 1 aromatic heterocycles. The molecular formula is C17H15Cl2N5O. The van der Waals surface area contributed by atoms with Gasteiger partial charge >= 0.3 is 0 Å². The number of methoxy groups -OCH3 is 1. The maximum Gasteiger partial charge on any atom is 0.244 e. The molecule has 8 heteroatoms. The van der Waals surface area contributed by atoms with E-state index < -0.39 is 0 Å². The predicted molar refractivity (Wildman–Crippen MR) is 99.9 cm³/mol. The van der Waals surface area contributed by atoms with Crippen molar-refractivity contribution in [1.29, 1.82) is 0 Å². The molecule has 6 nitrogen and oxygen atoms in total. The Labute approximate surface area is 155 Å². The summed E-state index contributed by atoms with van der Waals surface area (Å²) in [4.78, 5) is 4.37. The van der Waals surface area contributed by atoms with Crippen LogP contribution in [0.1, 0.15) is 5.56 Å². The Morgan fingerprint density at radius 2 is 1.88 bits per heavy atom. The first-order chi connectivity index (χ1) is 12.2. The van der Waals surface area contributed by atoms with Gasteiger partial charge in [-0.2, -0.15) is 10.1 Å². The average molecular weight is 376 g/mol. The minimum Gasteiger partial charge on any atom is -0.497 e. The molecule has 0 spiro atoms. The van der Waals surface area contributed by atoms with Crippen LogP contribution in [0.4, 0.5) is 17.5 Å². The smallest absolute Gasteiger partial charge is 0.244 e. The number of hydrogen-bond acceptors (Lipinski definition) is 6. The summed E-state index contributed by atoms with van der Waals surface area (Å²) < 4.78 is 5.14. The number of ether oxygens (including phenoxy) is 1. The van der Waals surface area contributed by atoms with Gasteiger partial charge in [0, 0.05) is 6.54 Å². The normalized spacial score (nSPS) is 10.4. The lowest BCUT2D eigenvalue weighted by molar-refractivity contribution is 0.414. The molecule has 1 heterocycles. The summed E-state index contributed by atoms with van der Waals surface area (Å²) in [5.41, 5.74) is 1.72. The number of halogens is 2. The van der Waals surface area contributed by atoms with Crippen LogP contribution in [0.3, 0.4) is 0 Å². The Balaban J connectivity index is 1.67. The van der Waals surface area contributed by atoms with Crippen molar-refractivity contribution in [1.82, 2.24) is 15.2 Å². The lowest BCUT2D eigenvalue weighted by Gasteiger charge is -2.10. The Morgan fingerprint density at radius 1 is 1.08 bits per heavy atom. The molecule has 0 aliphatic rings. The van der Waals surface area contributed by atoms with Crippen molar-refractivity contribution in [3.8, 4) is 5.75 Å². The van der Waals surface area contributed by atoms with E-state index in [2.05, 4.69) is 25.8 Å². The van der Waals surface area contributed by atoms with Crippen molar-refractivity contribution in [2.45, 2.75) is 6.54 Å². The molecule has 0 atom stereocenters. The van der Waals surface area contributed by atoms with Crippen LogP contribution in [0.2, 0.25) is 10.0 Å². The van der Waals surface area contributed by atoms with Gasteiger partial charge in [0.1, 0.15) is 5.75 Å². The molecule has 3 rings (SSSR count). The Kier molecular flexibility index (Phi) is 5.53. The van der Waals surface area contributed by atoms with E-state index in [-0.39, 0.29) is 0 Å². The van der Waals surface area contributed by atoms with Crippen LogP contribution in [-0.2, 0) is 6.54 Å². The minimum absolute atomic E-state index is 0.402. The van der Waals surface area contributed by atoms with Gasteiger partial charge in [-0.25, -0.2) is 0 Å². The Bertz CT molecular complexity index is 858. The first kappa shape index (κ1) is 17.3. The molecule has 0 saturated carbocycles. The van der Waals surface area contributed by atoms with Gasteiger partial charge in [0.15, 0.2) is 5.82 Å². The molecule has 0 radical (unpaired) electrons. The number of rotatable bonds is 6. The van der Waals surface area contributed by atoms with E-state index in [4.69, 9.17) is 27.9 Å². The van der Waals surface area contributed by atoms with Crippen molar-refractivity contribution in [2.75, 3.05) is 17.7 Å². The highest BCUT2D eigenvalue weighted by molar-refractivity contribution is 6.43. The molecule has 2 aromatic carbocycles. The molecule has 0 bridgehead atoms. The summed E-state index contributed by atoms with van der Waals surface area (Å²) in [5, 5.41) is 15.0. The summed E-state index contributed by atoms with van der Waals surface area (Å²) in [6.45, 7) is 0.563. The van der Waals surface area contributed by atoms with Crippen molar-refractivity contribution in [2.24, 2.45) is 0 Å². The molecule has 0 aliphatic heterocycles. The number of hydrogen-bond donors (Lipinski definition) is 2. The van der Waals surface area contributed by atoms with Gasteiger partial charge in [-0.05, 0) is 29.8 Å². The van der Waals surface area contributed by atoms with Crippen molar-refractivity contribution in [3.63, 3.8) is 0 Å². The molecule has 0 unspecified atom stereocenters. The molecule has 0 aliphatic carbocycles. The van der Waals surface area contributed by atoms with Gasteiger partial charge in [-0.15, -0.1) is 5.10 Å². The number of benzene rings is 2. The molecule has 0 fully saturated rings. The predicted octanol–water partition coefficient (Wildman–Crippen LogP) is 4.54. The third-order valence-corrected chi connectivity index (χ3v) is 4.20. The fraction of sp³-hybridized carbons (Fsp3) is 0.118. The van der Waals surface area contributed by atoms with Crippen molar-refractivity contribution < 1.29 is 4.74 Å². The number of nitrogens with one attached hydrogen (secondary N) is 2. The van der Waals surface area contributed by atoms with Crippen molar-refractivity contribution in [3.05, 3.63) is 64.3 Å². The van der Waals surface area contributed by atoms with E-state index >= 15 is 0 Å². The van der Waals surface area contributed by atoms with E-state index in [0.717, 1.165) is 11.3 Å². The highest BCUT2D eigenvalue weighted by atomic mass is 35.5. The number of aromatic nitrogens is 3. The van der Waals surface area contributed by atoms with Crippen LogP contribution in [-0.4, -0.2) is 22.3 Å². The second kappa shape index (κ2) is 8.00. The SMILES string of the molecule is COc1ccc(CNc2nncc(Nc3cccc(Cl)c3Cl)n2)cc1. The van der Waals surface area contributed by atoms with Crippen LogP contribution in [0, 0.1) is 0 Å². The van der Waals surface area contributed by atoms with Gasteiger partial charge in [-0.1, -0.05) is 41.4 Å². The highest BCUT2D eigenvalue weighted by Crippen LogP contribution is 2.31. The summed E-state index contributed by atoms with van der Waals surface area (Å²) in [7, 11) is 1.64. The zero-order valence-corrected chi connectivity index (χ0v) is 14.8. The van der Waals surface area contributed by atoms with Gasteiger partial charge < -0.3 is 15.4 Å². The minimum atomic E-state index is 0.402. The summed E-state index contributed by atoms with van der Waals surface area (Å²) in [6, 6.07) is 13.1. The molecule has 128 valence electrons. The van der Waals surface area contributed by atoms with Crippen LogP contribution < -0.4 is 15.4 Å². The molecule has 25 heavy (non-hydrogen) atoms. The molecule has 0 amide bonds. The first-order valence-corrected chi connectivity index (χ1v) is 8.19. The Morgan fingerprint density at radius 3 is 2.64 bits per heavy atom. The second-order valence-electron chi connectivity index (χ2n) is 5.09. The topological polar surface area (TPSA) is 72.0 Å². The zero-order chi connectivity index (χ0) is 17.6. The quantitative estimate of drug-likeness (QED) is 0.658. The highest BCUT2D eigenvalue weighted by Gasteiger charge is 2.07. The zero-order valence-electron chi connectivity index (χ0n) is 13.3. The fourth-order valence-corrected chi connectivity index (χ4v) is 2.45. The summed E-state index contributed by atoms with van der Waals surface area (Å²) in [5.74, 6) is 1.72. The van der Waals surface area contributed by atoms with Gasteiger partial charge in [0.05, 0.1) is 29.0 Å². The largest absolute Gasteiger partial charge is 0.497 e. The van der Waals surface area contributed by atoms with E-state index in [1.54, 1.807) is 25.3 Å². The standard InChI is InChI=1S/C17H15Cl2N5O/c1-25-12-7-5-11(6-8-12)9-20-17-23-15(10-21-24-17)22-14-4-2-3-13(18)16(14)19/h2-8,10H,9H2,1H3,(H2,20,22,23,24). The van der Waals surface area contributed by atoms with E-state index in [1.165, 1.54) is 6.20 Å². The number of nitrogens with zero attached hydrogens (tertiary/aromatic N) is 3. The second-order valence-corrected chi connectivity index (χ2v) is 5.88. The number of anilines is 3. The molecular weight excluding hydrogens is 361 g/mol. The first-order valence-electron chi connectivity index (χ1n) is 7.43. The lowest BCUT2D eigenvalue weighted by Crippen LogP contribution is -2.06. The van der Waals surface area contributed by atoms with Gasteiger partial charge in [0.2, 0.25) is 5.95 Å². The van der Waals surface area contributed by atoms with Gasteiger partial charge in [0.25, 0.3) is 0 Å². The molecule has 2 N–H and O–H groups in total. The molecule has 0 saturated heterocycles. The van der Waals surface area contributed by atoms with Crippen LogP contribution >= 0.6 is 23.2 Å². The van der Waals surface area contributed by atoms with Crippen molar-refractivity contribution >= 4 is 40.7 Å². The third kappa shape index (κ3) is 4.49. The van der Waals surface area contributed by atoms with Crippen LogP contribution in [0.15, 0.2) is 48.7 Å². The maximum absolute atomic E-state index is 6.16.